The number of alkyl halides is 1. The third-order valence-corrected chi connectivity index (χ3v) is 3.83. The van der Waals surface area contributed by atoms with Crippen molar-refractivity contribution in [2.45, 2.75) is 11.4 Å². The standard InChI is InChI=1S/C13H14ClNOS/c1-16-12-5-2-4-11-10(12)6-8-15-13(11)17-9-3-7-14/h2,4-6,8H,3,7,9H2,1H3. The van der Waals surface area contributed by atoms with Crippen molar-refractivity contribution >= 4 is 34.1 Å². The second kappa shape index (κ2) is 6.12. The van der Waals surface area contributed by atoms with Gasteiger partial charge in [0.2, 0.25) is 0 Å². The molecule has 0 aliphatic carbocycles. The number of hydrogen-bond acceptors (Lipinski definition) is 3. The maximum atomic E-state index is 5.68. The van der Waals surface area contributed by atoms with E-state index in [9.17, 15) is 0 Å². The summed E-state index contributed by atoms with van der Waals surface area (Å²) in [6.45, 7) is 0. The zero-order chi connectivity index (χ0) is 12.1. The van der Waals surface area contributed by atoms with Gasteiger partial charge in [-0.15, -0.1) is 23.4 Å². The molecule has 1 heterocycles. The molecule has 0 N–H and O–H groups in total. The van der Waals surface area contributed by atoms with Gasteiger partial charge in [-0.3, -0.25) is 0 Å². The number of pyridine rings is 1. The fourth-order valence-corrected chi connectivity index (χ4v) is 2.91. The summed E-state index contributed by atoms with van der Waals surface area (Å²) in [5, 5.41) is 3.30. The number of fused-ring (bicyclic) bond motifs is 1. The Balaban J connectivity index is 2.36. The summed E-state index contributed by atoms with van der Waals surface area (Å²) in [6.07, 6.45) is 2.82. The van der Waals surface area contributed by atoms with Crippen LogP contribution >= 0.6 is 23.4 Å². The number of thioether (sulfide) groups is 1. The normalized spacial score (nSPS) is 10.7. The molecule has 2 nitrogen and oxygen atoms in total. The molecule has 0 fully saturated rings. The van der Waals surface area contributed by atoms with Crippen molar-refractivity contribution in [3.05, 3.63) is 30.5 Å². The second-order valence-corrected chi connectivity index (χ2v) is 5.02. The number of ether oxygens (including phenoxy) is 1. The minimum Gasteiger partial charge on any atom is -0.496 e. The lowest BCUT2D eigenvalue weighted by Crippen LogP contribution is -1.89. The molecule has 0 saturated carbocycles. The average molecular weight is 268 g/mol. The van der Waals surface area contributed by atoms with Gasteiger partial charge >= 0.3 is 0 Å². The van der Waals surface area contributed by atoms with Crippen LogP contribution in [-0.2, 0) is 0 Å². The van der Waals surface area contributed by atoms with Gasteiger partial charge in [-0.05, 0) is 18.6 Å². The van der Waals surface area contributed by atoms with Gasteiger partial charge < -0.3 is 4.74 Å². The van der Waals surface area contributed by atoms with Crippen molar-refractivity contribution in [1.82, 2.24) is 4.98 Å². The maximum Gasteiger partial charge on any atom is 0.126 e. The molecule has 4 heteroatoms. The molecular formula is C13H14ClNOS. The molecule has 2 aromatic rings. The largest absolute Gasteiger partial charge is 0.496 e. The van der Waals surface area contributed by atoms with Crippen LogP contribution in [-0.4, -0.2) is 23.7 Å². The molecule has 0 radical (unpaired) electrons. The first-order valence-electron chi connectivity index (χ1n) is 5.47. The summed E-state index contributed by atoms with van der Waals surface area (Å²) >= 11 is 7.42. The van der Waals surface area contributed by atoms with Crippen molar-refractivity contribution in [1.29, 1.82) is 0 Å². The third-order valence-electron chi connectivity index (χ3n) is 2.47. The monoisotopic (exact) mass is 267 g/mol. The molecular weight excluding hydrogens is 254 g/mol. The van der Waals surface area contributed by atoms with E-state index in [1.807, 2.05) is 24.4 Å². The molecule has 90 valence electrons. The predicted octanol–water partition coefficient (Wildman–Crippen LogP) is 3.96. The van der Waals surface area contributed by atoms with Gasteiger partial charge in [0.05, 0.1) is 7.11 Å². The highest BCUT2D eigenvalue weighted by Crippen LogP contribution is 2.31. The molecule has 0 aliphatic rings. The van der Waals surface area contributed by atoms with E-state index in [2.05, 4.69) is 11.1 Å². The highest BCUT2D eigenvalue weighted by molar-refractivity contribution is 7.99. The van der Waals surface area contributed by atoms with Crippen LogP contribution in [0.3, 0.4) is 0 Å². The van der Waals surface area contributed by atoms with E-state index in [1.165, 1.54) is 0 Å². The molecule has 0 atom stereocenters. The maximum absolute atomic E-state index is 5.68. The van der Waals surface area contributed by atoms with Crippen LogP contribution in [0.5, 0.6) is 5.75 Å². The van der Waals surface area contributed by atoms with Gasteiger partial charge in [0.25, 0.3) is 0 Å². The number of nitrogens with zero attached hydrogens (tertiary/aromatic N) is 1. The lowest BCUT2D eigenvalue weighted by molar-refractivity contribution is 0.419. The van der Waals surface area contributed by atoms with E-state index in [-0.39, 0.29) is 0 Å². The zero-order valence-electron chi connectivity index (χ0n) is 9.65. The Labute approximate surface area is 110 Å². The number of aromatic nitrogens is 1. The summed E-state index contributed by atoms with van der Waals surface area (Å²) in [5.41, 5.74) is 0. The van der Waals surface area contributed by atoms with E-state index < -0.39 is 0 Å². The average Bonchev–Trinajstić information content (AvgIpc) is 2.38. The molecule has 0 unspecified atom stereocenters. The van der Waals surface area contributed by atoms with Crippen LogP contribution in [0.25, 0.3) is 10.8 Å². The summed E-state index contributed by atoms with van der Waals surface area (Å²) in [6, 6.07) is 8.03. The summed E-state index contributed by atoms with van der Waals surface area (Å²) < 4.78 is 5.35. The fraction of sp³-hybridized carbons (Fsp3) is 0.308. The first-order valence-corrected chi connectivity index (χ1v) is 6.99. The molecule has 1 aromatic heterocycles. The Bertz CT molecular complexity index is 504. The molecule has 1 aromatic carbocycles. The van der Waals surface area contributed by atoms with E-state index >= 15 is 0 Å². The number of rotatable bonds is 5. The van der Waals surface area contributed by atoms with Crippen molar-refractivity contribution in [2.24, 2.45) is 0 Å². The predicted molar refractivity (Wildman–Crippen MR) is 74.4 cm³/mol. The minimum atomic E-state index is 0.696. The van der Waals surface area contributed by atoms with E-state index in [0.717, 1.165) is 33.7 Å². The highest BCUT2D eigenvalue weighted by Gasteiger charge is 2.06. The SMILES string of the molecule is COc1cccc2c(SCCCCl)nccc12. The van der Waals surface area contributed by atoms with Crippen molar-refractivity contribution in [3.8, 4) is 5.75 Å². The summed E-state index contributed by atoms with van der Waals surface area (Å²) in [4.78, 5) is 4.42. The van der Waals surface area contributed by atoms with Crippen LogP contribution in [0.2, 0.25) is 0 Å². The van der Waals surface area contributed by atoms with Gasteiger partial charge in [0, 0.05) is 28.6 Å². The third kappa shape index (κ3) is 2.85. The lowest BCUT2D eigenvalue weighted by Gasteiger charge is -2.08. The Morgan fingerprint density at radius 3 is 2.94 bits per heavy atom. The van der Waals surface area contributed by atoms with Gasteiger partial charge in [0.1, 0.15) is 10.8 Å². The zero-order valence-corrected chi connectivity index (χ0v) is 11.2. The number of halogens is 1. The van der Waals surface area contributed by atoms with Crippen LogP contribution < -0.4 is 4.74 Å². The molecule has 17 heavy (non-hydrogen) atoms. The Morgan fingerprint density at radius 2 is 2.18 bits per heavy atom. The number of benzene rings is 1. The van der Waals surface area contributed by atoms with Gasteiger partial charge in [-0.25, -0.2) is 4.98 Å². The number of methoxy groups -OCH3 is 1. The van der Waals surface area contributed by atoms with Crippen LogP contribution in [0, 0.1) is 0 Å². The first-order chi connectivity index (χ1) is 8.36. The Kier molecular flexibility index (Phi) is 4.51. The first kappa shape index (κ1) is 12.5. The quantitative estimate of drug-likeness (QED) is 0.465. The summed E-state index contributed by atoms with van der Waals surface area (Å²) in [5.74, 6) is 2.58. The number of hydrogen-bond donors (Lipinski definition) is 0. The van der Waals surface area contributed by atoms with Crippen LogP contribution in [0.1, 0.15) is 6.42 Å². The molecule has 0 spiro atoms. The minimum absolute atomic E-state index is 0.696. The van der Waals surface area contributed by atoms with Gasteiger partial charge in [-0.2, -0.15) is 0 Å². The molecule has 0 aliphatic heterocycles. The van der Waals surface area contributed by atoms with E-state index in [1.54, 1.807) is 18.9 Å². The Hall–Kier alpha value is -0.930. The fourth-order valence-electron chi connectivity index (χ4n) is 1.67. The molecule has 2 rings (SSSR count). The smallest absolute Gasteiger partial charge is 0.126 e. The summed E-state index contributed by atoms with van der Waals surface area (Å²) in [7, 11) is 1.69. The topological polar surface area (TPSA) is 22.1 Å². The van der Waals surface area contributed by atoms with E-state index in [4.69, 9.17) is 16.3 Å². The van der Waals surface area contributed by atoms with Crippen molar-refractivity contribution < 1.29 is 4.74 Å². The Morgan fingerprint density at radius 1 is 1.29 bits per heavy atom. The van der Waals surface area contributed by atoms with Crippen LogP contribution in [0.15, 0.2) is 35.5 Å². The lowest BCUT2D eigenvalue weighted by atomic mass is 10.1. The van der Waals surface area contributed by atoms with Crippen LogP contribution in [0.4, 0.5) is 0 Å². The van der Waals surface area contributed by atoms with Gasteiger partial charge in [0.15, 0.2) is 0 Å². The molecule has 0 saturated heterocycles. The highest BCUT2D eigenvalue weighted by atomic mass is 35.5. The van der Waals surface area contributed by atoms with E-state index in [0.29, 0.717) is 5.88 Å². The second-order valence-electron chi connectivity index (χ2n) is 3.56. The molecule has 0 bridgehead atoms. The van der Waals surface area contributed by atoms with Crippen molar-refractivity contribution in [3.63, 3.8) is 0 Å². The molecule has 0 amide bonds. The van der Waals surface area contributed by atoms with Crippen molar-refractivity contribution in [2.75, 3.05) is 18.7 Å². The van der Waals surface area contributed by atoms with Gasteiger partial charge in [-0.1, -0.05) is 12.1 Å².